The molecule has 0 radical (unpaired) electrons. The first-order valence-electron chi connectivity index (χ1n) is 5.19. The number of alkyl halides is 1. The van der Waals surface area contributed by atoms with Crippen LogP contribution in [0.2, 0.25) is 0 Å². The van der Waals surface area contributed by atoms with Crippen LogP contribution in [-0.4, -0.2) is 18.1 Å². The van der Waals surface area contributed by atoms with Gasteiger partial charge in [0.1, 0.15) is 0 Å². The molecule has 0 bridgehead atoms. The molecule has 16 heavy (non-hydrogen) atoms. The van der Waals surface area contributed by atoms with E-state index in [-0.39, 0.29) is 0 Å². The quantitative estimate of drug-likeness (QED) is 0.597. The fourth-order valence-electron chi connectivity index (χ4n) is 1.63. The van der Waals surface area contributed by atoms with Gasteiger partial charge in [0.05, 0.1) is 5.69 Å². The third kappa shape index (κ3) is 2.25. The zero-order chi connectivity index (χ0) is 11.4. The number of hydrogen-bond donors (Lipinski definition) is 0. The molecule has 4 heteroatoms. The minimum Gasteiger partial charge on any atom is -0.465 e. The molecule has 1 atom stereocenters. The molecule has 1 heterocycles. The van der Waals surface area contributed by atoms with Gasteiger partial charge < -0.3 is 4.74 Å². The molecule has 1 aromatic rings. The maximum absolute atomic E-state index is 10.9. The van der Waals surface area contributed by atoms with Crippen LogP contribution >= 0.6 is 11.6 Å². The number of aliphatic imine (C=N–C) groups is 1. The molecule has 0 spiro atoms. The third-order valence-electron chi connectivity index (χ3n) is 2.40. The number of ether oxygens (including phenoxy) is 1. The van der Waals surface area contributed by atoms with E-state index in [2.05, 4.69) is 4.99 Å². The number of aldehydes is 1. The fraction of sp³-hybridized carbons (Fsp3) is 0.333. The van der Waals surface area contributed by atoms with Gasteiger partial charge in [-0.1, -0.05) is 18.2 Å². The Morgan fingerprint density at radius 2 is 2.25 bits per heavy atom. The zero-order valence-electron chi connectivity index (χ0n) is 8.73. The van der Waals surface area contributed by atoms with E-state index < -0.39 is 6.10 Å². The standard InChI is InChI=1S/C12H12ClNO2/c13-7-3-6-12-14-10-5-2-1-4-9(10)11(8-15)16-12/h1-2,4-5,8,11H,3,6-7H2. The van der Waals surface area contributed by atoms with E-state index in [0.29, 0.717) is 18.2 Å². The lowest BCUT2D eigenvalue weighted by atomic mass is 10.1. The normalized spacial score (nSPS) is 18.3. The molecule has 0 aromatic heterocycles. The smallest absolute Gasteiger partial charge is 0.189 e. The summed E-state index contributed by atoms with van der Waals surface area (Å²) in [7, 11) is 0. The summed E-state index contributed by atoms with van der Waals surface area (Å²) in [6.45, 7) is 0. The lowest BCUT2D eigenvalue weighted by Gasteiger charge is -2.21. The van der Waals surface area contributed by atoms with Gasteiger partial charge in [-0.15, -0.1) is 11.6 Å². The number of hydrogen-bond acceptors (Lipinski definition) is 3. The minimum absolute atomic E-state index is 0.529. The summed E-state index contributed by atoms with van der Waals surface area (Å²) in [4.78, 5) is 15.3. The summed E-state index contributed by atoms with van der Waals surface area (Å²) in [5.74, 6) is 1.16. The first-order valence-corrected chi connectivity index (χ1v) is 5.73. The van der Waals surface area contributed by atoms with Gasteiger partial charge >= 0.3 is 0 Å². The Morgan fingerprint density at radius 1 is 1.44 bits per heavy atom. The van der Waals surface area contributed by atoms with Gasteiger partial charge in [-0.3, -0.25) is 4.79 Å². The predicted octanol–water partition coefficient (Wildman–Crippen LogP) is 3.01. The molecule has 0 amide bonds. The van der Waals surface area contributed by atoms with E-state index in [1.54, 1.807) is 0 Å². The van der Waals surface area contributed by atoms with Crippen molar-refractivity contribution in [2.24, 2.45) is 4.99 Å². The van der Waals surface area contributed by atoms with Crippen molar-refractivity contribution in [1.82, 2.24) is 0 Å². The molecule has 3 nitrogen and oxygen atoms in total. The predicted molar refractivity (Wildman–Crippen MR) is 63.4 cm³/mol. The largest absolute Gasteiger partial charge is 0.465 e. The van der Waals surface area contributed by atoms with Crippen LogP contribution in [0.25, 0.3) is 0 Å². The molecule has 2 rings (SSSR count). The van der Waals surface area contributed by atoms with E-state index in [4.69, 9.17) is 16.3 Å². The van der Waals surface area contributed by atoms with Crippen molar-refractivity contribution in [2.45, 2.75) is 18.9 Å². The van der Waals surface area contributed by atoms with E-state index in [9.17, 15) is 4.79 Å². The van der Waals surface area contributed by atoms with Crippen molar-refractivity contribution in [1.29, 1.82) is 0 Å². The van der Waals surface area contributed by atoms with Gasteiger partial charge in [0.15, 0.2) is 18.3 Å². The van der Waals surface area contributed by atoms with Crippen molar-refractivity contribution in [2.75, 3.05) is 5.88 Å². The zero-order valence-corrected chi connectivity index (χ0v) is 9.48. The van der Waals surface area contributed by atoms with Crippen molar-refractivity contribution in [3.8, 4) is 0 Å². The van der Waals surface area contributed by atoms with Gasteiger partial charge in [0, 0.05) is 17.9 Å². The summed E-state index contributed by atoms with van der Waals surface area (Å²) >= 11 is 5.61. The van der Waals surface area contributed by atoms with E-state index in [1.165, 1.54) is 0 Å². The Morgan fingerprint density at radius 3 is 3.00 bits per heavy atom. The number of halogens is 1. The van der Waals surface area contributed by atoms with Crippen LogP contribution in [0.4, 0.5) is 5.69 Å². The molecule has 84 valence electrons. The fourth-order valence-corrected chi connectivity index (χ4v) is 1.77. The van der Waals surface area contributed by atoms with Crippen LogP contribution < -0.4 is 0 Å². The lowest BCUT2D eigenvalue weighted by molar-refractivity contribution is -0.114. The van der Waals surface area contributed by atoms with Gasteiger partial charge in [-0.2, -0.15) is 0 Å². The maximum atomic E-state index is 10.9. The second kappa shape index (κ2) is 5.12. The molecule has 0 N–H and O–H groups in total. The van der Waals surface area contributed by atoms with Gasteiger partial charge in [0.2, 0.25) is 0 Å². The van der Waals surface area contributed by atoms with Crippen LogP contribution in [0, 0.1) is 0 Å². The van der Waals surface area contributed by atoms with Gasteiger partial charge in [-0.25, -0.2) is 4.99 Å². The number of carbonyl (C=O) groups is 1. The van der Waals surface area contributed by atoms with Crippen LogP contribution in [0.15, 0.2) is 29.3 Å². The molecule has 0 saturated heterocycles. The summed E-state index contributed by atoms with van der Waals surface area (Å²) in [5, 5.41) is 0. The first-order chi connectivity index (χ1) is 7.85. The molecule has 1 aromatic carbocycles. The Kier molecular flexibility index (Phi) is 3.57. The van der Waals surface area contributed by atoms with Crippen LogP contribution in [-0.2, 0) is 9.53 Å². The van der Waals surface area contributed by atoms with Crippen LogP contribution in [0.3, 0.4) is 0 Å². The van der Waals surface area contributed by atoms with Gasteiger partial charge in [-0.05, 0) is 12.5 Å². The monoisotopic (exact) mass is 237 g/mol. The maximum Gasteiger partial charge on any atom is 0.189 e. The second-order valence-electron chi connectivity index (χ2n) is 3.53. The van der Waals surface area contributed by atoms with E-state index >= 15 is 0 Å². The number of nitrogens with zero attached hydrogens (tertiary/aromatic N) is 1. The highest BCUT2D eigenvalue weighted by Gasteiger charge is 2.22. The number of fused-ring (bicyclic) bond motifs is 1. The highest BCUT2D eigenvalue weighted by molar-refractivity contribution is 6.17. The number of benzene rings is 1. The Hall–Kier alpha value is -1.35. The third-order valence-corrected chi connectivity index (χ3v) is 2.67. The summed E-state index contributed by atoms with van der Waals surface area (Å²) in [6.07, 6.45) is 1.74. The topological polar surface area (TPSA) is 38.7 Å². The molecular formula is C12H12ClNO2. The molecule has 1 aliphatic heterocycles. The molecule has 1 aliphatic rings. The molecule has 0 aliphatic carbocycles. The van der Waals surface area contributed by atoms with Crippen molar-refractivity contribution in [3.63, 3.8) is 0 Å². The van der Waals surface area contributed by atoms with Crippen LogP contribution in [0.5, 0.6) is 0 Å². The molecule has 0 fully saturated rings. The Balaban J connectivity index is 2.27. The summed E-state index contributed by atoms with van der Waals surface area (Å²) < 4.78 is 5.49. The minimum atomic E-state index is -0.529. The van der Waals surface area contributed by atoms with Crippen molar-refractivity contribution >= 4 is 29.5 Å². The Labute approximate surface area is 99.1 Å². The van der Waals surface area contributed by atoms with Crippen LogP contribution in [0.1, 0.15) is 24.5 Å². The summed E-state index contributed by atoms with van der Waals surface area (Å²) in [6, 6.07) is 7.51. The Bertz CT molecular complexity index is 417. The molecule has 0 saturated carbocycles. The lowest BCUT2D eigenvalue weighted by Crippen LogP contribution is -2.16. The SMILES string of the molecule is O=CC1OC(CCCCl)=Nc2ccccc21. The van der Waals surface area contributed by atoms with Crippen molar-refractivity contribution < 1.29 is 9.53 Å². The van der Waals surface area contributed by atoms with E-state index in [1.807, 2.05) is 24.3 Å². The summed E-state index contributed by atoms with van der Waals surface area (Å²) in [5.41, 5.74) is 1.64. The average Bonchev–Trinajstić information content (AvgIpc) is 2.35. The second-order valence-corrected chi connectivity index (χ2v) is 3.91. The molecule has 1 unspecified atom stereocenters. The number of carbonyl (C=O) groups excluding carboxylic acids is 1. The number of rotatable bonds is 4. The highest BCUT2D eigenvalue weighted by atomic mass is 35.5. The molecular weight excluding hydrogens is 226 g/mol. The number of para-hydroxylation sites is 1. The van der Waals surface area contributed by atoms with E-state index in [0.717, 1.165) is 24.0 Å². The van der Waals surface area contributed by atoms with Gasteiger partial charge in [0.25, 0.3) is 0 Å². The first kappa shape index (κ1) is 11.1. The average molecular weight is 238 g/mol. The van der Waals surface area contributed by atoms with Crippen molar-refractivity contribution in [3.05, 3.63) is 29.8 Å². The highest BCUT2D eigenvalue weighted by Crippen LogP contribution is 2.32.